The second kappa shape index (κ2) is 7.54. The van der Waals surface area contributed by atoms with Gasteiger partial charge in [0.05, 0.1) is 12.1 Å². The third kappa shape index (κ3) is 3.08. The van der Waals surface area contributed by atoms with Crippen LogP contribution in [0.4, 0.5) is 0 Å². The fourth-order valence-corrected chi connectivity index (χ4v) is 5.96. The van der Waals surface area contributed by atoms with Crippen molar-refractivity contribution in [3.63, 3.8) is 0 Å². The molecule has 1 N–H and O–H groups in total. The van der Waals surface area contributed by atoms with Crippen LogP contribution in [-0.2, 0) is 0 Å². The van der Waals surface area contributed by atoms with E-state index in [-0.39, 0.29) is 30.0 Å². The number of benzene rings is 1. The standard InChI is InChI=1S/C24H29N3O2/c28-15-21-22(19-8-2-1-3-9-19)24(27(21)14-18-6-4-5-7-18)16-26(17-24)23(29)20-10-12-25-13-11-20/h1-3,8-13,18,21-22,28H,4-7,14-17H2/t21-,22+/m0/s1. The van der Waals surface area contributed by atoms with Gasteiger partial charge in [-0.2, -0.15) is 0 Å². The first kappa shape index (κ1) is 18.8. The number of pyridine rings is 1. The van der Waals surface area contributed by atoms with E-state index < -0.39 is 0 Å². The van der Waals surface area contributed by atoms with Gasteiger partial charge in [0, 0.05) is 49.6 Å². The molecule has 0 bridgehead atoms. The molecule has 5 nitrogen and oxygen atoms in total. The van der Waals surface area contributed by atoms with E-state index in [9.17, 15) is 9.90 Å². The van der Waals surface area contributed by atoms with Crippen molar-refractivity contribution in [3.05, 3.63) is 66.0 Å². The second-order valence-electron chi connectivity index (χ2n) is 8.94. The lowest BCUT2D eigenvalue weighted by atomic mass is 9.60. The van der Waals surface area contributed by atoms with Crippen molar-refractivity contribution < 1.29 is 9.90 Å². The average molecular weight is 392 g/mol. The number of aliphatic hydroxyl groups is 1. The number of hydrogen-bond acceptors (Lipinski definition) is 4. The molecule has 152 valence electrons. The maximum absolute atomic E-state index is 12.9. The Balaban J connectivity index is 1.40. The predicted octanol–water partition coefficient (Wildman–Crippen LogP) is 2.93. The maximum Gasteiger partial charge on any atom is 0.254 e. The van der Waals surface area contributed by atoms with Gasteiger partial charge in [0.2, 0.25) is 0 Å². The normalized spacial score (nSPS) is 26.3. The second-order valence-corrected chi connectivity index (χ2v) is 8.94. The van der Waals surface area contributed by atoms with E-state index in [1.54, 1.807) is 24.5 Å². The zero-order chi connectivity index (χ0) is 19.8. The number of hydrogen-bond donors (Lipinski definition) is 1. The Bertz CT molecular complexity index is 845. The minimum atomic E-state index is -0.0416. The van der Waals surface area contributed by atoms with Gasteiger partial charge < -0.3 is 10.0 Å². The molecule has 2 aromatic rings. The summed E-state index contributed by atoms with van der Waals surface area (Å²) in [6, 6.07) is 14.3. The van der Waals surface area contributed by atoms with Crippen molar-refractivity contribution in [1.82, 2.24) is 14.8 Å². The molecule has 3 aliphatic rings. The molecular formula is C24H29N3O2. The van der Waals surface area contributed by atoms with E-state index in [0.717, 1.165) is 25.6 Å². The molecule has 1 aliphatic carbocycles. The van der Waals surface area contributed by atoms with Crippen LogP contribution in [0.3, 0.4) is 0 Å². The van der Waals surface area contributed by atoms with Gasteiger partial charge in [0.1, 0.15) is 0 Å². The van der Waals surface area contributed by atoms with Gasteiger partial charge in [-0.25, -0.2) is 0 Å². The Morgan fingerprint density at radius 3 is 2.41 bits per heavy atom. The van der Waals surface area contributed by atoms with Crippen molar-refractivity contribution in [2.24, 2.45) is 5.92 Å². The average Bonchev–Trinajstić information content (AvgIpc) is 3.24. The van der Waals surface area contributed by atoms with Crippen LogP contribution in [0, 0.1) is 5.92 Å². The molecule has 5 heteroatoms. The van der Waals surface area contributed by atoms with Crippen molar-refractivity contribution >= 4 is 5.91 Å². The van der Waals surface area contributed by atoms with Gasteiger partial charge in [-0.3, -0.25) is 14.7 Å². The van der Waals surface area contributed by atoms with Gasteiger partial charge in [-0.15, -0.1) is 0 Å². The van der Waals surface area contributed by atoms with Crippen LogP contribution in [0.1, 0.15) is 47.5 Å². The molecular weight excluding hydrogens is 362 g/mol. The number of aromatic nitrogens is 1. The van der Waals surface area contributed by atoms with Crippen LogP contribution in [0.2, 0.25) is 0 Å². The van der Waals surface area contributed by atoms with Gasteiger partial charge in [-0.1, -0.05) is 43.2 Å². The van der Waals surface area contributed by atoms with Crippen molar-refractivity contribution in [2.45, 2.75) is 43.2 Å². The number of aliphatic hydroxyl groups excluding tert-OH is 1. The highest BCUT2D eigenvalue weighted by molar-refractivity contribution is 5.95. The van der Waals surface area contributed by atoms with E-state index in [1.807, 2.05) is 11.0 Å². The Morgan fingerprint density at radius 2 is 1.76 bits per heavy atom. The highest BCUT2D eigenvalue weighted by Gasteiger charge is 2.66. The molecule has 2 aliphatic heterocycles. The third-order valence-electron chi connectivity index (χ3n) is 7.36. The molecule has 0 radical (unpaired) electrons. The summed E-state index contributed by atoms with van der Waals surface area (Å²) < 4.78 is 0. The van der Waals surface area contributed by atoms with E-state index in [0.29, 0.717) is 5.56 Å². The summed E-state index contributed by atoms with van der Waals surface area (Å²) >= 11 is 0. The molecule has 2 saturated heterocycles. The first-order chi connectivity index (χ1) is 14.2. The molecule has 1 aromatic heterocycles. The molecule has 1 spiro atoms. The summed E-state index contributed by atoms with van der Waals surface area (Å²) in [6.07, 6.45) is 8.58. The van der Waals surface area contributed by atoms with Gasteiger partial charge in [0.15, 0.2) is 0 Å². The number of amides is 1. The van der Waals surface area contributed by atoms with Crippen LogP contribution in [-0.4, -0.2) is 63.6 Å². The summed E-state index contributed by atoms with van der Waals surface area (Å²) in [5.74, 6) is 1.08. The number of carbonyl (C=O) groups is 1. The first-order valence-electron chi connectivity index (χ1n) is 10.8. The number of likely N-dealkylation sites (tertiary alicyclic amines) is 2. The van der Waals surface area contributed by atoms with Crippen molar-refractivity contribution in [2.75, 3.05) is 26.2 Å². The number of rotatable bonds is 5. The zero-order valence-electron chi connectivity index (χ0n) is 16.8. The van der Waals surface area contributed by atoms with E-state index >= 15 is 0 Å². The van der Waals surface area contributed by atoms with Gasteiger partial charge >= 0.3 is 0 Å². The third-order valence-corrected chi connectivity index (χ3v) is 7.36. The van der Waals surface area contributed by atoms with Gasteiger partial charge in [0.25, 0.3) is 5.91 Å². The summed E-state index contributed by atoms with van der Waals surface area (Å²) in [5.41, 5.74) is 1.94. The number of nitrogens with zero attached hydrogens (tertiary/aromatic N) is 3. The topological polar surface area (TPSA) is 56.7 Å². The minimum Gasteiger partial charge on any atom is -0.395 e. The maximum atomic E-state index is 12.9. The smallest absolute Gasteiger partial charge is 0.254 e. The lowest BCUT2D eigenvalue weighted by Crippen LogP contribution is -2.85. The van der Waals surface area contributed by atoms with Gasteiger partial charge in [-0.05, 0) is 36.5 Å². The molecule has 1 saturated carbocycles. The van der Waals surface area contributed by atoms with Crippen LogP contribution in [0.5, 0.6) is 0 Å². The molecule has 29 heavy (non-hydrogen) atoms. The Kier molecular flexibility index (Phi) is 4.88. The van der Waals surface area contributed by atoms with E-state index in [2.05, 4.69) is 34.1 Å². The summed E-state index contributed by atoms with van der Waals surface area (Å²) in [4.78, 5) is 21.5. The molecule has 5 rings (SSSR count). The molecule has 0 unspecified atom stereocenters. The zero-order valence-corrected chi connectivity index (χ0v) is 16.8. The fourth-order valence-electron chi connectivity index (χ4n) is 5.96. The summed E-state index contributed by atoms with van der Waals surface area (Å²) in [5, 5.41) is 10.2. The molecule has 2 atom stereocenters. The largest absolute Gasteiger partial charge is 0.395 e. The SMILES string of the molecule is O=C(c1ccncc1)N1CC2(C1)[C@H](c1ccccc1)[C@H](CO)N2CC1CCCC1. The van der Waals surface area contributed by atoms with E-state index in [4.69, 9.17) is 0 Å². The lowest BCUT2D eigenvalue weighted by Gasteiger charge is -2.71. The monoisotopic (exact) mass is 391 g/mol. The Labute approximate surface area is 172 Å². The quantitative estimate of drug-likeness (QED) is 0.852. The minimum absolute atomic E-state index is 0.0416. The van der Waals surface area contributed by atoms with Crippen LogP contribution >= 0.6 is 0 Å². The lowest BCUT2D eigenvalue weighted by molar-refractivity contribution is -0.183. The van der Waals surface area contributed by atoms with Crippen LogP contribution < -0.4 is 0 Å². The van der Waals surface area contributed by atoms with Crippen molar-refractivity contribution in [1.29, 1.82) is 0 Å². The highest BCUT2D eigenvalue weighted by atomic mass is 16.3. The summed E-state index contributed by atoms with van der Waals surface area (Å²) in [7, 11) is 0. The molecule has 3 heterocycles. The number of carbonyl (C=O) groups excluding carboxylic acids is 1. The van der Waals surface area contributed by atoms with Crippen LogP contribution in [0.15, 0.2) is 54.9 Å². The Morgan fingerprint density at radius 1 is 1.07 bits per heavy atom. The highest BCUT2D eigenvalue weighted by Crippen LogP contribution is 2.54. The van der Waals surface area contributed by atoms with Crippen LogP contribution in [0.25, 0.3) is 0 Å². The fraction of sp³-hybridized carbons (Fsp3) is 0.500. The molecule has 3 fully saturated rings. The van der Waals surface area contributed by atoms with E-state index in [1.165, 1.54) is 31.2 Å². The Hall–Kier alpha value is -2.24. The predicted molar refractivity (Wildman–Crippen MR) is 112 cm³/mol. The van der Waals surface area contributed by atoms with Crippen molar-refractivity contribution in [3.8, 4) is 0 Å². The summed E-state index contributed by atoms with van der Waals surface area (Å²) in [6.45, 7) is 2.69. The molecule has 1 aromatic carbocycles. The first-order valence-corrected chi connectivity index (χ1v) is 10.8. The molecule has 1 amide bonds.